The fourth-order valence-corrected chi connectivity index (χ4v) is 2.87. The van der Waals surface area contributed by atoms with Crippen molar-refractivity contribution in [1.82, 2.24) is 9.88 Å². The third kappa shape index (κ3) is 4.00. The van der Waals surface area contributed by atoms with Crippen LogP contribution in [0.3, 0.4) is 0 Å². The number of nitrogens with two attached hydrogens (primary N) is 1. The predicted octanol–water partition coefficient (Wildman–Crippen LogP) is 0.823. The Balaban J connectivity index is 1.87. The lowest BCUT2D eigenvalue weighted by molar-refractivity contribution is 0.0690. The molecule has 0 saturated carbocycles. The van der Waals surface area contributed by atoms with Crippen molar-refractivity contribution in [2.75, 3.05) is 48.7 Å². The number of nitrogen functional groups attached to an aromatic ring is 1. The van der Waals surface area contributed by atoms with Crippen LogP contribution in [0.4, 0.5) is 11.5 Å². The molecule has 0 radical (unpaired) electrons. The molecule has 1 aliphatic heterocycles. The molecule has 7 heteroatoms. The standard InChI is InChI=1S/C12H18N4O2S/c13-9-1-2-10(12(17)18)15-11(9)14-3-4-16-5-7-19-8-6-16/h1-2H,3-8,13H2,(H,14,15)(H,17,18). The molecule has 1 aromatic heterocycles. The van der Waals surface area contributed by atoms with Gasteiger partial charge in [-0.2, -0.15) is 11.8 Å². The van der Waals surface area contributed by atoms with Crippen molar-refractivity contribution in [2.45, 2.75) is 0 Å². The number of aromatic nitrogens is 1. The highest BCUT2D eigenvalue weighted by molar-refractivity contribution is 7.99. The van der Waals surface area contributed by atoms with Gasteiger partial charge in [-0.1, -0.05) is 0 Å². The number of aromatic carboxylic acids is 1. The normalized spacial score (nSPS) is 16.2. The van der Waals surface area contributed by atoms with E-state index in [1.54, 1.807) is 6.07 Å². The van der Waals surface area contributed by atoms with Crippen LogP contribution in [0, 0.1) is 0 Å². The Kier molecular flexibility index (Phi) is 4.86. The molecule has 0 unspecified atom stereocenters. The monoisotopic (exact) mass is 282 g/mol. The lowest BCUT2D eigenvalue weighted by atomic mass is 10.3. The minimum Gasteiger partial charge on any atom is -0.477 e. The van der Waals surface area contributed by atoms with E-state index < -0.39 is 5.97 Å². The van der Waals surface area contributed by atoms with Gasteiger partial charge in [0.2, 0.25) is 0 Å². The SMILES string of the molecule is Nc1ccc(C(=O)O)nc1NCCN1CCSCC1. The molecule has 1 aromatic rings. The number of nitrogens with one attached hydrogen (secondary N) is 1. The fraction of sp³-hybridized carbons (Fsp3) is 0.500. The largest absolute Gasteiger partial charge is 0.477 e. The molecule has 1 saturated heterocycles. The van der Waals surface area contributed by atoms with Crippen molar-refractivity contribution in [3.05, 3.63) is 17.8 Å². The summed E-state index contributed by atoms with van der Waals surface area (Å²) in [6, 6.07) is 2.97. The zero-order chi connectivity index (χ0) is 13.7. The second kappa shape index (κ2) is 6.63. The zero-order valence-electron chi connectivity index (χ0n) is 10.6. The van der Waals surface area contributed by atoms with Gasteiger partial charge < -0.3 is 16.2 Å². The Bertz CT molecular complexity index is 449. The third-order valence-corrected chi connectivity index (χ3v) is 3.91. The molecule has 0 amide bonds. The van der Waals surface area contributed by atoms with E-state index in [0.717, 1.165) is 19.6 Å². The van der Waals surface area contributed by atoms with Gasteiger partial charge in [-0.25, -0.2) is 9.78 Å². The number of carboxylic acids is 1. The Morgan fingerprint density at radius 1 is 1.47 bits per heavy atom. The number of anilines is 2. The summed E-state index contributed by atoms with van der Waals surface area (Å²) in [6.45, 7) is 3.83. The second-order valence-electron chi connectivity index (χ2n) is 4.32. The molecule has 0 bridgehead atoms. The number of thioether (sulfide) groups is 1. The van der Waals surface area contributed by atoms with E-state index in [4.69, 9.17) is 10.8 Å². The molecule has 2 heterocycles. The Morgan fingerprint density at radius 2 is 2.21 bits per heavy atom. The minimum atomic E-state index is -1.05. The van der Waals surface area contributed by atoms with Crippen LogP contribution in [-0.2, 0) is 0 Å². The van der Waals surface area contributed by atoms with Gasteiger partial charge in [0.05, 0.1) is 5.69 Å². The second-order valence-corrected chi connectivity index (χ2v) is 5.55. The molecule has 0 atom stereocenters. The van der Waals surface area contributed by atoms with Crippen LogP contribution < -0.4 is 11.1 Å². The number of rotatable bonds is 5. The molecule has 0 aliphatic carbocycles. The molecule has 6 nitrogen and oxygen atoms in total. The average Bonchev–Trinajstić information content (AvgIpc) is 2.42. The lowest BCUT2D eigenvalue weighted by Crippen LogP contribution is -2.36. The first-order chi connectivity index (χ1) is 9.16. The maximum Gasteiger partial charge on any atom is 0.354 e. The van der Waals surface area contributed by atoms with Crippen LogP contribution >= 0.6 is 11.8 Å². The van der Waals surface area contributed by atoms with Crippen LogP contribution in [0.25, 0.3) is 0 Å². The first kappa shape index (κ1) is 14.0. The quantitative estimate of drug-likeness (QED) is 0.736. The van der Waals surface area contributed by atoms with E-state index in [2.05, 4.69) is 15.2 Å². The zero-order valence-corrected chi connectivity index (χ0v) is 11.4. The highest BCUT2D eigenvalue weighted by atomic mass is 32.2. The summed E-state index contributed by atoms with van der Waals surface area (Å²) in [5.41, 5.74) is 6.25. The van der Waals surface area contributed by atoms with Gasteiger partial charge in [-0.3, -0.25) is 4.90 Å². The maximum absolute atomic E-state index is 10.8. The van der Waals surface area contributed by atoms with Gasteiger partial charge in [0.25, 0.3) is 0 Å². The summed E-state index contributed by atoms with van der Waals surface area (Å²) < 4.78 is 0. The van der Waals surface area contributed by atoms with Gasteiger partial charge in [0, 0.05) is 37.7 Å². The summed E-state index contributed by atoms with van der Waals surface area (Å²) >= 11 is 1.98. The van der Waals surface area contributed by atoms with E-state index >= 15 is 0 Å². The number of carbonyl (C=O) groups is 1. The summed E-state index contributed by atoms with van der Waals surface area (Å²) in [5.74, 6) is 1.76. The summed E-state index contributed by atoms with van der Waals surface area (Å²) in [7, 11) is 0. The van der Waals surface area contributed by atoms with Crippen molar-refractivity contribution in [2.24, 2.45) is 0 Å². The molecule has 1 aliphatic rings. The molecular weight excluding hydrogens is 264 g/mol. The van der Waals surface area contributed by atoms with Gasteiger partial charge in [0.15, 0.2) is 5.69 Å². The van der Waals surface area contributed by atoms with Crippen molar-refractivity contribution in [1.29, 1.82) is 0 Å². The van der Waals surface area contributed by atoms with Crippen LogP contribution in [0.15, 0.2) is 12.1 Å². The molecule has 0 spiro atoms. The molecule has 19 heavy (non-hydrogen) atoms. The predicted molar refractivity (Wildman–Crippen MR) is 77.9 cm³/mol. The van der Waals surface area contributed by atoms with Crippen LogP contribution in [0.1, 0.15) is 10.5 Å². The number of carboxylic acid groups (broad SMARTS) is 1. The number of hydrogen-bond donors (Lipinski definition) is 3. The van der Waals surface area contributed by atoms with Gasteiger partial charge in [-0.05, 0) is 12.1 Å². The summed E-state index contributed by atoms with van der Waals surface area (Å²) in [4.78, 5) is 17.2. The lowest BCUT2D eigenvalue weighted by Gasteiger charge is -2.26. The molecular formula is C12H18N4O2S. The van der Waals surface area contributed by atoms with Crippen molar-refractivity contribution >= 4 is 29.2 Å². The van der Waals surface area contributed by atoms with Crippen molar-refractivity contribution < 1.29 is 9.90 Å². The smallest absolute Gasteiger partial charge is 0.354 e. The first-order valence-electron chi connectivity index (χ1n) is 6.20. The van der Waals surface area contributed by atoms with Crippen LogP contribution in [0.2, 0.25) is 0 Å². The van der Waals surface area contributed by atoms with Crippen LogP contribution in [-0.4, -0.2) is 58.6 Å². The average molecular weight is 282 g/mol. The fourth-order valence-electron chi connectivity index (χ4n) is 1.89. The summed E-state index contributed by atoms with van der Waals surface area (Å²) in [6.07, 6.45) is 0. The van der Waals surface area contributed by atoms with Gasteiger partial charge >= 0.3 is 5.97 Å². The number of pyridine rings is 1. The highest BCUT2D eigenvalue weighted by Gasteiger charge is 2.11. The van der Waals surface area contributed by atoms with E-state index in [1.165, 1.54) is 17.6 Å². The number of nitrogens with zero attached hydrogens (tertiary/aromatic N) is 2. The van der Waals surface area contributed by atoms with E-state index in [9.17, 15) is 4.79 Å². The molecule has 2 rings (SSSR count). The van der Waals surface area contributed by atoms with Crippen molar-refractivity contribution in [3.63, 3.8) is 0 Å². The first-order valence-corrected chi connectivity index (χ1v) is 7.36. The topological polar surface area (TPSA) is 91.5 Å². The highest BCUT2D eigenvalue weighted by Crippen LogP contribution is 2.15. The summed E-state index contributed by atoms with van der Waals surface area (Å²) in [5, 5.41) is 12.0. The number of hydrogen-bond acceptors (Lipinski definition) is 6. The van der Waals surface area contributed by atoms with E-state index in [1.807, 2.05) is 11.8 Å². The molecule has 0 aromatic carbocycles. The van der Waals surface area contributed by atoms with E-state index in [-0.39, 0.29) is 5.69 Å². The molecule has 104 valence electrons. The maximum atomic E-state index is 10.8. The van der Waals surface area contributed by atoms with E-state index in [0.29, 0.717) is 18.1 Å². The molecule has 4 N–H and O–H groups in total. The Hall–Kier alpha value is -1.47. The van der Waals surface area contributed by atoms with Crippen LogP contribution in [0.5, 0.6) is 0 Å². The Labute approximate surface area is 116 Å². The van der Waals surface area contributed by atoms with Gasteiger partial charge in [-0.15, -0.1) is 0 Å². The minimum absolute atomic E-state index is 0.00562. The van der Waals surface area contributed by atoms with Crippen molar-refractivity contribution in [3.8, 4) is 0 Å². The Morgan fingerprint density at radius 3 is 2.89 bits per heavy atom. The van der Waals surface area contributed by atoms with Gasteiger partial charge in [0.1, 0.15) is 5.82 Å². The molecule has 1 fully saturated rings. The third-order valence-electron chi connectivity index (χ3n) is 2.97.